The lowest BCUT2D eigenvalue weighted by molar-refractivity contribution is 0.0827. The minimum Gasteiger partial charge on any atom is -0.357 e. The largest absolute Gasteiger partial charge is 0.357 e. The summed E-state index contributed by atoms with van der Waals surface area (Å²) < 4.78 is 0. The quantitative estimate of drug-likeness (QED) is 0.327. The highest BCUT2D eigenvalue weighted by Gasteiger charge is 2.07. The van der Waals surface area contributed by atoms with E-state index in [0.29, 0.717) is 12.1 Å². The average molecular weight is 475 g/mol. The van der Waals surface area contributed by atoms with Crippen molar-refractivity contribution in [1.82, 2.24) is 20.4 Å². The number of guanidine groups is 1. The van der Waals surface area contributed by atoms with Gasteiger partial charge in [-0.25, -0.2) is 4.99 Å². The van der Waals surface area contributed by atoms with Crippen LogP contribution in [-0.4, -0.2) is 68.5 Å². The highest BCUT2D eigenvalue weighted by atomic mass is 127. The number of nitrogens with zero attached hydrogens (tertiary/aromatic N) is 3. The number of carbonyl (C=O) groups excluding carboxylic acids is 1. The number of amides is 1. The fourth-order valence-electron chi connectivity index (χ4n) is 2.40. The van der Waals surface area contributed by atoms with Crippen LogP contribution in [0.3, 0.4) is 0 Å². The van der Waals surface area contributed by atoms with Crippen LogP contribution >= 0.6 is 24.0 Å². The maximum atomic E-state index is 11.9. The summed E-state index contributed by atoms with van der Waals surface area (Å²) in [5, 5.41) is 6.64. The molecule has 0 aliphatic rings. The molecule has 7 heteroatoms. The van der Waals surface area contributed by atoms with E-state index < -0.39 is 0 Å². The molecule has 6 nitrogen and oxygen atoms in total. The second-order valence-corrected chi connectivity index (χ2v) is 6.05. The Morgan fingerprint density at radius 2 is 1.65 bits per heavy atom. The number of hydrogen-bond donors (Lipinski definition) is 2. The molecule has 148 valence electrons. The van der Waals surface area contributed by atoms with Gasteiger partial charge in [0.05, 0.1) is 6.54 Å². The van der Waals surface area contributed by atoms with Gasteiger partial charge in [0.15, 0.2) is 5.96 Å². The van der Waals surface area contributed by atoms with E-state index in [9.17, 15) is 4.79 Å². The monoisotopic (exact) mass is 475 g/mol. The molecular weight excluding hydrogens is 441 g/mol. The summed E-state index contributed by atoms with van der Waals surface area (Å²) in [6.07, 6.45) is 0. The van der Waals surface area contributed by atoms with E-state index in [1.54, 1.807) is 19.0 Å². The molecule has 1 aromatic rings. The summed E-state index contributed by atoms with van der Waals surface area (Å²) in [6, 6.07) is 7.63. The molecule has 1 amide bonds. The number of rotatable bonds is 9. The number of benzene rings is 1. The molecule has 2 N–H and O–H groups in total. The van der Waals surface area contributed by atoms with E-state index in [-0.39, 0.29) is 29.9 Å². The van der Waals surface area contributed by atoms with Crippen molar-refractivity contribution >= 4 is 35.8 Å². The number of aliphatic imine (C=N–C) groups is 1. The Morgan fingerprint density at radius 1 is 1.04 bits per heavy atom. The number of carbonyl (C=O) groups is 1. The Kier molecular flexibility index (Phi) is 13.1. The van der Waals surface area contributed by atoms with E-state index in [1.165, 1.54) is 0 Å². The van der Waals surface area contributed by atoms with Crippen molar-refractivity contribution in [2.45, 2.75) is 27.3 Å². The van der Waals surface area contributed by atoms with Gasteiger partial charge >= 0.3 is 0 Å². The van der Waals surface area contributed by atoms with Gasteiger partial charge in [0.1, 0.15) is 0 Å². The van der Waals surface area contributed by atoms with E-state index in [4.69, 9.17) is 0 Å². The first-order valence-electron chi connectivity index (χ1n) is 9.06. The average Bonchev–Trinajstić information content (AvgIpc) is 2.63. The second-order valence-electron chi connectivity index (χ2n) is 6.05. The summed E-state index contributed by atoms with van der Waals surface area (Å²) in [7, 11) is 3.51. The van der Waals surface area contributed by atoms with Crippen molar-refractivity contribution < 1.29 is 4.79 Å². The minimum atomic E-state index is 0. The number of hydrogen-bond acceptors (Lipinski definition) is 3. The fraction of sp³-hybridized carbons (Fsp3) is 0.579. The van der Waals surface area contributed by atoms with Crippen molar-refractivity contribution in [1.29, 1.82) is 0 Å². The Balaban J connectivity index is 0.00000625. The summed E-state index contributed by atoms with van der Waals surface area (Å²) >= 11 is 0. The lowest BCUT2D eigenvalue weighted by Gasteiger charge is -2.19. The second kappa shape index (κ2) is 13.8. The van der Waals surface area contributed by atoms with E-state index in [0.717, 1.165) is 44.2 Å². The van der Waals surface area contributed by atoms with Gasteiger partial charge in [-0.1, -0.05) is 26.0 Å². The van der Waals surface area contributed by atoms with Gasteiger partial charge in [-0.3, -0.25) is 4.79 Å². The fourth-order valence-corrected chi connectivity index (χ4v) is 2.40. The highest BCUT2D eigenvalue weighted by molar-refractivity contribution is 14.0. The molecule has 26 heavy (non-hydrogen) atoms. The van der Waals surface area contributed by atoms with E-state index in [1.807, 2.05) is 24.3 Å². The zero-order valence-corrected chi connectivity index (χ0v) is 19.0. The molecule has 0 atom stereocenters. The number of likely N-dealkylation sites (N-methyl/N-ethyl adjacent to an activating group) is 1. The standard InChI is InChI=1S/C19H33N5O.HI/c1-6-20-19(21-13-14-24(7-2)8-3)22-15-16-9-11-17(12-10-16)18(25)23(4)5;/h9-12H,6-8,13-15H2,1-5H3,(H2,20,21,22);1H. The molecular formula is C19H34IN5O. The smallest absolute Gasteiger partial charge is 0.253 e. The summed E-state index contributed by atoms with van der Waals surface area (Å²) in [5.41, 5.74) is 1.78. The van der Waals surface area contributed by atoms with Crippen molar-refractivity contribution in [2.24, 2.45) is 4.99 Å². The molecule has 0 spiro atoms. The molecule has 1 aromatic carbocycles. The zero-order chi connectivity index (χ0) is 18.7. The third-order valence-corrected chi connectivity index (χ3v) is 3.99. The lowest BCUT2D eigenvalue weighted by atomic mass is 10.1. The molecule has 0 unspecified atom stereocenters. The maximum Gasteiger partial charge on any atom is 0.253 e. The Bertz CT molecular complexity index is 541. The maximum absolute atomic E-state index is 11.9. The normalized spacial score (nSPS) is 11.1. The van der Waals surface area contributed by atoms with Crippen LogP contribution in [0.4, 0.5) is 0 Å². The Hall–Kier alpha value is -1.35. The molecule has 0 aromatic heterocycles. The van der Waals surface area contributed by atoms with Crippen LogP contribution in [0.15, 0.2) is 29.3 Å². The van der Waals surface area contributed by atoms with Crippen LogP contribution in [0, 0.1) is 0 Å². The molecule has 0 fully saturated rings. The van der Waals surface area contributed by atoms with E-state index in [2.05, 4.69) is 41.3 Å². The number of nitrogens with one attached hydrogen (secondary N) is 2. The van der Waals surface area contributed by atoms with Crippen LogP contribution in [0.25, 0.3) is 0 Å². The van der Waals surface area contributed by atoms with Crippen molar-refractivity contribution in [3.05, 3.63) is 35.4 Å². The van der Waals surface area contributed by atoms with Crippen LogP contribution in [0.2, 0.25) is 0 Å². The summed E-state index contributed by atoms with van der Waals surface area (Å²) in [4.78, 5) is 20.5. The van der Waals surface area contributed by atoms with Crippen LogP contribution in [0.5, 0.6) is 0 Å². The van der Waals surface area contributed by atoms with Gasteiger partial charge < -0.3 is 20.4 Å². The van der Waals surface area contributed by atoms with Gasteiger partial charge in [0.2, 0.25) is 0 Å². The SMILES string of the molecule is CCNC(=NCc1ccc(C(=O)N(C)C)cc1)NCCN(CC)CC.I. The Morgan fingerprint density at radius 3 is 2.15 bits per heavy atom. The van der Waals surface area contributed by atoms with Crippen molar-refractivity contribution in [3.8, 4) is 0 Å². The molecule has 0 saturated carbocycles. The van der Waals surface area contributed by atoms with Crippen molar-refractivity contribution in [3.63, 3.8) is 0 Å². The van der Waals surface area contributed by atoms with Crippen LogP contribution in [0.1, 0.15) is 36.7 Å². The van der Waals surface area contributed by atoms with Gasteiger partial charge in [0, 0.05) is 39.3 Å². The molecule has 0 bridgehead atoms. The topological polar surface area (TPSA) is 60.0 Å². The zero-order valence-electron chi connectivity index (χ0n) is 16.7. The molecule has 0 heterocycles. The van der Waals surface area contributed by atoms with Gasteiger partial charge in [-0.05, 0) is 37.7 Å². The predicted octanol–water partition coefficient (Wildman–Crippen LogP) is 2.40. The summed E-state index contributed by atoms with van der Waals surface area (Å²) in [5.74, 6) is 0.838. The molecule has 0 aliphatic carbocycles. The molecule has 0 saturated heterocycles. The first kappa shape index (κ1) is 24.7. The van der Waals surface area contributed by atoms with Gasteiger partial charge in [-0.15, -0.1) is 24.0 Å². The summed E-state index contributed by atoms with van der Waals surface area (Å²) in [6.45, 7) is 11.8. The van der Waals surface area contributed by atoms with Crippen LogP contribution in [-0.2, 0) is 6.54 Å². The first-order chi connectivity index (χ1) is 12.0. The van der Waals surface area contributed by atoms with Gasteiger partial charge in [-0.2, -0.15) is 0 Å². The molecule has 0 radical (unpaired) electrons. The van der Waals surface area contributed by atoms with Gasteiger partial charge in [0.25, 0.3) is 5.91 Å². The Labute approximate surface area is 175 Å². The first-order valence-corrected chi connectivity index (χ1v) is 9.06. The third kappa shape index (κ3) is 8.84. The molecule has 0 aliphatic heterocycles. The number of halogens is 1. The minimum absolute atomic E-state index is 0. The predicted molar refractivity (Wildman–Crippen MR) is 120 cm³/mol. The molecule has 1 rings (SSSR count). The highest BCUT2D eigenvalue weighted by Crippen LogP contribution is 2.07. The lowest BCUT2D eigenvalue weighted by Crippen LogP contribution is -2.41. The van der Waals surface area contributed by atoms with Crippen molar-refractivity contribution in [2.75, 3.05) is 46.8 Å². The third-order valence-electron chi connectivity index (χ3n) is 3.99. The van der Waals surface area contributed by atoms with E-state index >= 15 is 0 Å². The van der Waals surface area contributed by atoms with Crippen LogP contribution < -0.4 is 10.6 Å².